The first-order valence-corrected chi connectivity index (χ1v) is 23.5. The van der Waals surface area contributed by atoms with E-state index in [-0.39, 0.29) is 43.7 Å². The second-order valence-electron chi connectivity index (χ2n) is 19.5. The number of rotatable bonds is 13. The van der Waals surface area contributed by atoms with Crippen LogP contribution in [0.15, 0.2) is 24.3 Å². The molecule has 16 nitrogen and oxygen atoms in total. The van der Waals surface area contributed by atoms with Crippen LogP contribution in [0.3, 0.4) is 0 Å². The van der Waals surface area contributed by atoms with Gasteiger partial charge in [0.05, 0.1) is 42.0 Å². The van der Waals surface area contributed by atoms with Gasteiger partial charge < -0.3 is 63.1 Å². The van der Waals surface area contributed by atoms with Crippen LogP contribution in [0, 0.1) is 23.7 Å². The summed E-state index contributed by atoms with van der Waals surface area (Å²) in [4.78, 5) is 44.1. The van der Waals surface area contributed by atoms with Crippen molar-refractivity contribution in [2.45, 2.75) is 186 Å². The van der Waals surface area contributed by atoms with Gasteiger partial charge in [0.1, 0.15) is 29.2 Å². The van der Waals surface area contributed by atoms with Gasteiger partial charge in [-0.15, -0.1) is 0 Å². The highest BCUT2D eigenvalue weighted by Crippen LogP contribution is 2.42. The van der Waals surface area contributed by atoms with E-state index < -0.39 is 108 Å². The molecule has 4 rings (SSSR count). The number of ether oxygens (including phenoxy) is 9. The Morgan fingerprint density at radius 2 is 1.54 bits per heavy atom. The molecule has 1 aromatic carbocycles. The van der Waals surface area contributed by atoms with E-state index in [1.807, 2.05) is 58.0 Å². The number of nitrogens with one attached hydrogen (secondary N) is 1. The summed E-state index contributed by atoms with van der Waals surface area (Å²) < 4.78 is 57.1. The van der Waals surface area contributed by atoms with Crippen molar-refractivity contribution in [3.63, 3.8) is 0 Å². The summed E-state index contributed by atoms with van der Waals surface area (Å²) in [6.07, 6.45) is -8.49. The van der Waals surface area contributed by atoms with Crippen LogP contribution in [0.4, 0.5) is 4.79 Å². The molecule has 0 bridgehead atoms. The number of benzene rings is 1. The second-order valence-corrected chi connectivity index (χ2v) is 19.9. The first-order chi connectivity index (χ1) is 30.4. The molecule has 3 aliphatic rings. The maximum Gasteiger partial charge on any atom is 0.407 e. The number of likely N-dealkylation sites (N-methyl/N-ethyl adjacent to an activating group) is 1. The largest absolute Gasteiger partial charge is 0.459 e. The van der Waals surface area contributed by atoms with Gasteiger partial charge >= 0.3 is 12.1 Å². The molecule has 65 heavy (non-hydrogen) atoms. The number of aliphatic hydroxyl groups is 2. The highest BCUT2D eigenvalue weighted by molar-refractivity contribution is 6.31. The van der Waals surface area contributed by atoms with Gasteiger partial charge in [-0.1, -0.05) is 57.5 Å². The maximum atomic E-state index is 14.6. The van der Waals surface area contributed by atoms with Crippen LogP contribution in [0.5, 0.6) is 0 Å². The van der Waals surface area contributed by atoms with Gasteiger partial charge in [-0.05, 0) is 93.0 Å². The fourth-order valence-electron chi connectivity index (χ4n) is 10.4. The highest BCUT2D eigenvalue weighted by atomic mass is 35.5. The molecule has 3 heterocycles. The molecule has 0 radical (unpaired) electrons. The zero-order chi connectivity index (χ0) is 48.8. The predicted octanol–water partition coefficient (Wildman–Crippen LogP) is 5.72. The molecular weight excluding hydrogens is 864 g/mol. The lowest BCUT2D eigenvalue weighted by Crippen LogP contribution is -2.62. The van der Waals surface area contributed by atoms with Crippen molar-refractivity contribution >= 4 is 29.4 Å². The molecule has 1 aromatic rings. The molecule has 372 valence electrons. The molecule has 0 unspecified atom stereocenters. The van der Waals surface area contributed by atoms with Crippen molar-refractivity contribution in [1.82, 2.24) is 10.2 Å². The minimum Gasteiger partial charge on any atom is -0.459 e. The van der Waals surface area contributed by atoms with Crippen molar-refractivity contribution in [1.29, 1.82) is 0 Å². The quantitative estimate of drug-likeness (QED) is 0.204. The Kier molecular flexibility index (Phi) is 19.7. The van der Waals surface area contributed by atoms with Gasteiger partial charge in [-0.3, -0.25) is 9.59 Å². The van der Waals surface area contributed by atoms with Crippen molar-refractivity contribution < 1.29 is 67.2 Å². The Bertz CT molecular complexity index is 1720. The first kappa shape index (κ1) is 55.1. The van der Waals surface area contributed by atoms with Gasteiger partial charge in [-0.2, -0.15) is 0 Å². The molecule has 18 atom stereocenters. The Labute approximate surface area is 391 Å². The lowest BCUT2D eigenvalue weighted by molar-refractivity contribution is -0.319. The molecular formula is C48H79ClN2O14. The van der Waals surface area contributed by atoms with Gasteiger partial charge in [0.25, 0.3) is 0 Å². The van der Waals surface area contributed by atoms with Crippen LogP contribution in [-0.2, 0) is 58.6 Å². The fraction of sp³-hybridized carbons (Fsp3) is 0.812. The number of aliphatic hydroxyl groups excluding tert-OH is 1. The molecule has 17 heteroatoms. The molecule has 3 N–H and O–H groups in total. The number of amides is 1. The molecule has 0 saturated carbocycles. The molecule has 3 saturated heterocycles. The molecule has 3 aliphatic heterocycles. The van der Waals surface area contributed by atoms with Gasteiger partial charge in [0.2, 0.25) is 0 Å². The van der Waals surface area contributed by atoms with Crippen LogP contribution >= 0.6 is 11.6 Å². The number of hydrogen-bond acceptors (Lipinski definition) is 15. The summed E-state index contributed by atoms with van der Waals surface area (Å²) in [5.41, 5.74) is -3.28. The minimum absolute atomic E-state index is 0.0706. The van der Waals surface area contributed by atoms with Crippen LogP contribution in [-0.4, -0.2) is 159 Å². The van der Waals surface area contributed by atoms with Crippen LogP contribution < -0.4 is 5.32 Å². The number of ketones is 1. The number of carbonyl (C=O) groups excluding carboxylic acids is 3. The molecule has 1 amide bonds. The van der Waals surface area contributed by atoms with Crippen molar-refractivity contribution in [2.24, 2.45) is 23.7 Å². The number of carbonyl (C=O) groups is 3. The SMILES string of the molecule is CC[C@H]1OC(=O)[C@H](C)[C@@H](O[C@H]2C[C@@](C)(OC)[C@@H](OC(=O)NCCc3ccccc3Cl)[C@H](C)O2)[C@H](C)[C@@H](O[C@@H]2O[C@H](C)C[C@H](N(C)C)[C@H]2O)[C@](C)(OC)C[C@@H](C)C(=O)[C@H](C)[C@@H](OC)[C@]1(C)O. The number of methoxy groups -OCH3 is 3. The van der Waals surface area contributed by atoms with Crippen molar-refractivity contribution in [3.8, 4) is 0 Å². The highest BCUT2D eigenvalue weighted by Gasteiger charge is 2.55. The molecule has 0 spiro atoms. The first-order valence-electron chi connectivity index (χ1n) is 23.1. The summed E-state index contributed by atoms with van der Waals surface area (Å²) in [7, 11) is 8.24. The zero-order valence-electron chi connectivity index (χ0n) is 41.3. The summed E-state index contributed by atoms with van der Waals surface area (Å²) >= 11 is 6.32. The van der Waals surface area contributed by atoms with Crippen LogP contribution in [0.2, 0.25) is 5.02 Å². The van der Waals surface area contributed by atoms with E-state index in [1.54, 1.807) is 47.6 Å². The number of alkyl carbamates (subject to hydrolysis) is 1. The van der Waals surface area contributed by atoms with Crippen molar-refractivity contribution in [3.05, 3.63) is 34.9 Å². The van der Waals surface area contributed by atoms with E-state index in [0.29, 0.717) is 17.9 Å². The topological polar surface area (TPSA) is 190 Å². The molecule has 0 aliphatic carbocycles. The third-order valence-corrected chi connectivity index (χ3v) is 14.7. The number of Topliss-reactive ketones (excluding diaryl/α,β-unsaturated/α-hetero) is 1. The minimum atomic E-state index is -1.78. The normalized spacial score (nSPS) is 41.4. The monoisotopic (exact) mass is 943 g/mol. The Hall–Kier alpha value is -2.48. The van der Waals surface area contributed by atoms with Crippen LogP contribution in [0.25, 0.3) is 0 Å². The average Bonchev–Trinajstić information content (AvgIpc) is 3.25. The standard InChI is InChI=1S/C48H79ClN2O14/c1-16-35-48(10,56)41(57-13)28(4)37(52)26(2)24-46(8,58-14)40(64-44-38(53)34(51(11)12)23-27(3)60-44)29(5)39(30(6)43(54)62-35)63-36-25-47(9,59-15)42(31(7)61-36)65-45(55)50-22-21-32-19-17-18-20-33(32)49/h17-20,26-31,34-36,38-42,44,53,56H,16,21-25H2,1-15H3,(H,50,55)/t26-,27-,28+,29+,30-,31+,34+,35-,36+,38-,39+,40-,41-,42+,44+,46-,47-,48-/m1/s1. The molecule has 0 aromatic heterocycles. The summed E-state index contributed by atoms with van der Waals surface area (Å²) in [5, 5.41) is 27.3. The van der Waals surface area contributed by atoms with Crippen LogP contribution in [0.1, 0.15) is 100 Å². The zero-order valence-corrected chi connectivity index (χ0v) is 42.1. The number of cyclic esters (lactones) is 1. The summed E-state index contributed by atoms with van der Waals surface area (Å²) in [6, 6.07) is 7.10. The van der Waals surface area contributed by atoms with Gasteiger partial charge in [0.15, 0.2) is 18.7 Å². The maximum absolute atomic E-state index is 14.6. The van der Waals surface area contributed by atoms with E-state index >= 15 is 0 Å². The van der Waals surface area contributed by atoms with E-state index in [1.165, 1.54) is 28.3 Å². The second kappa shape index (κ2) is 23.2. The van der Waals surface area contributed by atoms with E-state index in [2.05, 4.69) is 5.32 Å². The Balaban J connectivity index is 1.75. The van der Waals surface area contributed by atoms with Gasteiger partial charge in [-0.25, -0.2) is 4.79 Å². The van der Waals surface area contributed by atoms with E-state index in [9.17, 15) is 24.6 Å². The molecule has 3 fully saturated rings. The third-order valence-electron chi connectivity index (χ3n) is 14.3. The summed E-state index contributed by atoms with van der Waals surface area (Å²) in [5.74, 6) is -4.13. The average molecular weight is 944 g/mol. The Morgan fingerprint density at radius 3 is 2.12 bits per heavy atom. The van der Waals surface area contributed by atoms with E-state index in [4.69, 9.17) is 54.2 Å². The number of hydrogen-bond donors (Lipinski definition) is 3. The Morgan fingerprint density at radius 1 is 0.908 bits per heavy atom. The van der Waals surface area contributed by atoms with Crippen molar-refractivity contribution in [2.75, 3.05) is 42.0 Å². The van der Waals surface area contributed by atoms with E-state index in [0.717, 1.165) is 5.56 Å². The fourth-order valence-corrected chi connectivity index (χ4v) is 10.6. The number of nitrogens with zero attached hydrogens (tertiary/aromatic N) is 1. The lowest BCUT2D eigenvalue weighted by Gasteiger charge is -2.50. The van der Waals surface area contributed by atoms with Gasteiger partial charge in [0, 0.05) is 63.1 Å². The lowest BCUT2D eigenvalue weighted by atomic mass is 9.73. The number of esters is 1. The summed E-state index contributed by atoms with van der Waals surface area (Å²) in [6.45, 7) is 17.9. The smallest absolute Gasteiger partial charge is 0.407 e. The third kappa shape index (κ3) is 12.8. The predicted molar refractivity (Wildman–Crippen MR) is 243 cm³/mol. The number of halogens is 1.